The van der Waals surface area contributed by atoms with Gasteiger partial charge in [-0.3, -0.25) is 0 Å². The van der Waals surface area contributed by atoms with Crippen molar-refractivity contribution in [1.82, 2.24) is 4.98 Å². The molecule has 1 fully saturated rings. The molecule has 2 heterocycles. The van der Waals surface area contributed by atoms with Crippen molar-refractivity contribution in [2.45, 2.75) is 39.2 Å². The average molecular weight is 248 g/mol. The quantitative estimate of drug-likeness (QED) is 0.370. The van der Waals surface area contributed by atoms with Gasteiger partial charge in [0.2, 0.25) is 0 Å². The van der Waals surface area contributed by atoms with E-state index in [1.165, 1.54) is 12.8 Å². The van der Waals surface area contributed by atoms with Crippen molar-refractivity contribution in [3.05, 3.63) is 23.4 Å². The molecule has 0 saturated carbocycles. The summed E-state index contributed by atoms with van der Waals surface area (Å²) < 4.78 is 0. The number of anilines is 1. The first kappa shape index (κ1) is 12.7. The third-order valence-electron chi connectivity index (χ3n) is 3.62. The maximum atomic E-state index is 8.92. The van der Waals surface area contributed by atoms with Gasteiger partial charge in [-0.05, 0) is 37.8 Å². The summed E-state index contributed by atoms with van der Waals surface area (Å²) in [4.78, 5) is 6.72. The molecular weight excluding hydrogens is 228 g/mol. The number of nitrogens with zero attached hydrogens (tertiary/aromatic N) is 3. The number of hydrogen-bond donors (Lipinski definition) is 2. The van der Waals surface area contributed by atoms with Crippen molar-refractivity contribution in [2.24, 2.45) is 10.9 Å². The fourth-order valence-electron chi connectivity index (χ4n) is 2.67. The van der Waals surface area contributed by atoms with Crippen LogP contribution >= 0.6 is 0 Å². The first-order chi connectivity index (χ1) is 8.69. The Morgan fingerprint density at radius 3 is 3.11 bits per heavy atom. The molecule has 1 atom stereocenters. The van der Waals surface area contributed by atoms with E-state index in [-0.39, 0.29) is 5.84 Å². The van der Waals surface area contributed by atoms with Gasteiger partial charge in [0.25, 0.3) is 0 Å². The van der Waals surface area contributed by atoms with E-state index in [0.717, 1.165) is 29.9 Å². The van der Waals surface area contributed by atoms with Crippen molar-refractivity contribution in [1.29, 1.82) is 0 Å². The molecule has 1 saturated heterocycles. The van der Waals surface area contributed by atoms with Gasteiger partial charge in [0, 0.05) is 18.8 Å². The minimum atomic E-state index is 0.136. The van der Waals surface area contributed by atoms with Crippen LogP contribution in [0, 0.1) is 6.92 Å². The molecule has 5 heteroatoms. The standard InChI is InChI=1S/C13H20N4O/c1-3-10-5-4-8-17(10)13-11(12(14)16-18)9(2)6-7-15-13/h6-7,10,18H,3-5,8H2,1-2H3,(H2,14,16). The normalized spacial score (nSPS) is 20.4. The third-order valence-corrected chi connectivity index (χ3v) is 3.62. The van der Waals surface area contributed by atoms with Crippen LogP contribution in [0.25, 0.3) is 0 Å². The molecule has 3 N–H and O–H groups in total. The van der Waals surface area contributed by atoms with E-state index in [2.05, 4.69) is 22.0 Å². The molecule has 1 unspecified atom stereocenters. The lowest BCUT2D eigenvalue weighted by atomic mass is 10.1. The highest BCUT2D eigenvalue weighted by Gasteiger charge is 2.27. The zero-order valence-electron chi connectivity index (χ0n) is 10.9. The summed E-state index contributed by atoms with van der Waals surface area (Å²) in [5, 5.41) is 12.0. The number of pyridine rings is 1. The van der Waals surface area contributed by atoms with Crippen LogP contribution in [0.15, 0.2) is 17.4 Å². The van der Waals surface area contributed by atoms with Gasteiger partial charge in [-0.15, -0.1) is 0 Å². The summed E-state index contributed by atoms with van der Waals surface area (Å²) in [6.45, 7) is 5.12. The number of amidine groups is 1. The van der Waals surface area contributed by atoms with Crippen LogP contribution in [0.5, 0.6) is 0 Å². The molecule has 5 nitrogen and oxygen atoms in total. The highest BCUT2D eigenvalue weighted by molar-refractivity contribution is 6.02. The van der Waals surface area contributed by atoms with Crippen LogP contribution in [0.1, 0.15) is 37.3 Å². The lowest BCUT2D eigenvalue weighted by molar-refractivity contribution is 0.318. The molecule has 18 heavy (non-hydrogen) atoms. The number of aromatic nitrogens is 1. The van der Waals surface area contributed by atoms with E-state index in [1.54, 1.807) is 6.20 Å². The molecule has 0 amide bonds. The summed E-state index contributed by atoms with van der Waals surface area (Å²) in [6.07, 6.45) is 5.22. The second-order valence-electron chi connectivity index (χ2n) is 4.71. The monoisotopic (exact) mass is 248 g/mol. The first-order valence-electron chi connectivity index (χ1n) is 6.39. The van der Waals surface area contributed by atoms with Gasteiger partial charge < -0.3 is 15.8 Å². The smallest absolute Gasteiger partial charge is 0.174 e. The Morgan fingerprint density at radius 2 is 2.44 bits per heavy atom. The molecule has 0 bridgehead atoms. The van der Waals surface area contributed by atoms with Crippen molar-refractivity contribution in [2.75, 3.05) is 11.4 Å². The minimum absolute atomic E-state index is 0.136. The summed E-state index contributed by atoms with van der Waals surface area (Å²) >= 11 is 0. The molecule has 0 radical (unpaired) electrons. The highest BCUT2D eigenvalue weighted by atomic mass is 16.4. The lowest BCUT2D eigenvalue weighted by Crippen LogP contribution is -2.32. The Balaban J connectivity index is 2.47. The number of aryl methyl sites for hydroxylation is 1. The van der Waals surface area contributed by atoms with Crippen molar-refractivity contribution >= 4 is 11.7 Å². The highest BCUT2D eigenvalue weighted by Crippen LogP contribution is 2.29. The molecular formula is C13H20N4O. The largest absolute Gasteiger partial charge is 0.409 e. The fraction of sp³-hybridized carbons (Fsp3) is 0.538. The summed E-state index contributed by atoms with van der Waals surface area (Å²) in [5.41, 5.74) is 7.52. The van der Waals surface area contributed by atoms with Gasteiger partial charge >= 0.3 is 0 Å². The Morgan fingerprint density at radius 1 is 1.67 bits per heavy atom. The summed E-state index contributed by atoms with van der Waals surface area (Å²) in [5.74, 6) is 0.979. The molecule has 1 aromatic rings. The number of hydrogen-bond acceptors (Lipinski definition) is 4. The molecule has 98 valence electrons. The number of nitrogens with two attached hydrogens (primary N) is 1. The Labute approximate surface area is 107 Å². The Kier molecular flexibility index (Phi) is 3.69. The molecule has 0 aromatic carbocycles. The van der Waals surface area contributed by atoms with Gasteiger partial charge in [0.1, 0.15) is 5.82 Å². The van der Waals surface area contributed by atoms with Gasteiger partial charge in [-0.1, -0.05) is 12.1 Å². The molecule has 1 aliphatic heterocycles. The second kappa shape index (κ2) is 5.25. The maximum Gasteiger partial charge on any atom is 0.174 e. The molecule has 0 aliphatic carbocycles. The van der Waals surface area contributed by atoms with Gasteiger partial charge in [0.05, 0.1) is 5.56 Å². The van der Waals surface area contributed by atoms with Crippen LogP contribution < -0.4 is 10.6 Å². The van der Waals surface area contributed by atoms with Crippen molar-refractivity contribution in [3.63, 3.8) is 0 Å². The van der Waals surface area contributed by atoms with Gasteiger partial charge in [0.15, 0.2) is 5.84 Å². The SMILES string of the molecule is CCC1CCCN1c1nccc(C)c1/C(N)=N/O. The van der Waals surface area contributed by atoms with E-state index in [0.29, 0.717) is 6.04 Å². The van der Waals surface area contributed by atoms with E-state index < -0.39 is 0 Å². The molecule has 2 rings (SSSR count). The molecule has 1 aliphatic rings. The predicted octanol–water partition coefficient (Wildman–Crippen LogP) is 1.86. The van der Waals surface area contributed by atoms with Crippen LogP contribution in [0.4, 0.5) is 5.82 Å². The number of rotatable bonds is 3. The topological polar surface area (TPSA) is 74.7 Å². The van der Waals surface area contributed by atoms with Crippen LogP contribution in [0.2, 0.25) is 0 Å². The molecule has 1 aromatic heterocycles. The summed E-state index contributed by atoms with van der Waals surface area (Å²) in [7, 11) is 0. The van der Waals surface area contributed by atoms with Crippen molar-refractivity contribution < 1.29 is 5.21 Å². The van der Waals surface area contributed by atoms with E-state index in [9.17, 15) is 0 Å². The molecule has 0 spiro atoms. The van der Waals surface area contributed by atoms with E-state index in [4.69, 9.17) is 10.9 Å². The zero-order valence-corrected chi connectivity index (χ0v) is 10.9. The Bertz CT molecular complexity index is 458. The maximum absolute atomic E-state index is 8.92. The van der Waals surface area contributed by atoms with E-state index >= 15 is 0 Å². The zero-order chi connectivity index (χ0) is 13.1. The minimum Gasteiger partial charge on any atom is -0.409 e. The van der Waals surface area contributed by atoms with Gasteiger partial charge in [-0.2, -0.15) is 0 Å². The average Bonchev–Trinajstić information content (AvgIpc) is 2.85. The van der Waals surface area contributed by atoms with E-state index in [1.807, 2.05) is 13.0 Å². The fourth-order valence-corrected chi connectivity index (χ4v) is 2.67. The lowest BCUT2D eigenvalue weighted by Gasteiger charge is -2.27. The first-order valence-corrected chi connectivity index (χ1v) is 6.39. The second-order valence-corrected chi connectivity index (χ2v) is 4.71. The van der Waals surface area contributed by atoms with Gasteiger partial charge in [-0.25, -0.2) is 4.98 Å². The van der Waals surface area contributed by atoms with Crippen LogP contribution in [-0.4, -0.2) is 28.6 Å². The Hall–Kier alpha value is -1.78. The van der Waals surface area contributed by atoms with Crippen LogP contribution in [-0.2, 0) is 0 Å². The predicted molar refractivity (Wildman–Crippen MR) is 72.1 cm³/mol. The third kappa shape index (κ3) is 2.12. The number of oxime groups is 1. The van der Waals surface area contributed by atoms with Crippen molar-refractivity contribution in [3.8, 4) is 0 Å². The van der Waals surface area contributed by atoms with Crippen LogP contribution in [0.3, 0.4) is 0 Å². The summed E-state index contributed by atoms with van der Waals surface area (Å²) in [6, 6.07) is 2.39.